The predicted octanol–water partition coefficient (Wildman–Crippen LogP) is 1.41. The molecule has 2 fully saturated rings. The molecule has 0 spiro atoms. The Morgan fingerprint density at radius 2 is 1.79 bits per heavy atom. The first-order valence-electron chi connectivity index (χ1n) is 7.58. The lowest BCUT2D eigenvalue weighted by atomic mass is 9.79. The number of hydrogen-bond acceptors (Lipinski definition) is 3. The van der Waals surface area contributed by atoms with Crippen LogP contribution in [-0.4, -0.2) is 36.1 Å². The Balaban J connectivity index is 1.92. The van der Waals surface area contributed by atoms with E-state index in [0.29, 0.717) is 6.04 Å². The summed E-state index contributed by atoms with van der Waals surface area (Å²) in [4.78, 5) is 12.3. The maximum atomic E-state index is 12.3. The Labute approximate surface area is 117 Å². The predicted molar refractivity (Wildman–Crippen MR) is 78.1 cm³/mol. The van der Waals surface area contributed by atoms with Crippen LogP contribution >= 0.6 is 0 Å². The monoisotopic (exact) mass is 267 g/mol. The van der Waals surface area contributed by atoms with Crippen LogP contribution in [0.3, 0.4) is 0 Å². The summed E-state index contributed by atoms with van der Waals surface area (Å²) in [5.74, 6) is 0.403. The van der Waals surface area contributed by atoms with Gasteiger partial charge in [0, 0.05) is 23.7 Å². The first kappa shape index (κ1) is 14.8. The minimum absolute atomic E-state index is 0.0878. The molecule has 2 heterocycles. The van der Waals surface area contributed by atoms with Crippen LogP contribution in [0.25, 0.3) is 0 Å². The van der Waals surface area contributed by atoms with Crippen molar-refractivity contribution < 1.29 is 4.79 Å². The molecule has 110 valence electrons. The lowest BCUT2D eigenvalue weighted by molar-refractivity contribution is -0.126. The highest BCUT2D eigenvalue weighted by atomic mass is 16.2. The van der Waals surface area contributed by atoms with Crippen LogP contribution in [0, 0.1) is 5.92 Å². The van der Waals surface area contributed by atoms with Crippen LogP contribution in [-0.2, 0) is 4.79 Å². The van der Waals surface area contributed by atoms with Gasteiger partial charge in [-0.2, -0.15) is 0 Å². The van der Waals surface area contributed by atoms with E-state index >= 15 is 0 Å². The molecule has 0 saturated carbocycles. The molecule has 2 saturated heterocycles. The summed E-state index contributed by atoms with van der Waals surface area (Å²) in [6.07, 6.45) is 4.14. The highest BCUT2D eigenvalue weighted by molar-refractivity contribution is 5.79. The number of carbonyl (C=O) groups is 1. The molecule has 1 amide bonds. The molecule has 0 unspecified atom stereocenters. The van der Waals surface area contributed by atoms with E-state index in [1.807, 2.05) is 0 Å². The van der Waals surface area contributed by atoms with E-state index in [1.54, 1.807) is 0 Å². The van der Waals surface area contributed by atoms with Crippen molar-refractivity contribution in [3.8, 4) is 0 Å². The number of amides is 1. The number of carbonyl (C=O) groups excluding carboxylic acids is 1. The summed E-state index contributed by atoms with van der Waals surface area (Å²) < 4.78 is 0. The average molecular weight is 267 g/mol. The van der Waals surface area contributed by atoms with Gasteiger partial charge in [-0.05, 0) is 59.9 Å². The smallest absolute Gasteiger partial charge is 0.224 e. The van der Waals surface area contributed by atoms with Gasteiger partial charge in [0.15, 0.2) is 0 Å². The topological polar surface area (TPSA) is 53.2 Å². The SMILES string of the molecule is CC1(C)CC(NC(=O)[C@@H]2CCCNC2)CC(C)(C)N1. The lowest BCUT2D eigenvalue weighted by Crippen LogP contribution is -2.62. The molecule has 0 aromatic heterocycles. The molecule has 2 aliphatic heterocycles. The summed E-state index contributed by atoms with van der Waals surface area (Å²) in [7, 11) is 0. The number of piperidine rings is 2. The molecule has 2 aliphatic rings. The van der Waals surface area contributed by atoms with Crippen LogP contribution in [0.4, 0.5) is 0 Å². The highest BCUT2D eigenvalue weighted by Gasteiger charge is 2.38. The molecular formula is C15H29N3O. The number of nitrogens with one attached hydrogen (secondary N) is 3. The zero-order valence-electron chi connectivity index (χ0n) is 12.8. The maximum absolute atomic E-state index is 12.3. The molecule has 0 bridgehead atoms. The summed E-state index contributed by atoms with van der Waals surface area (Å²) >= 11 is 0. The fourth-order valence-electron chi connectivity index (χ4n) is 3.82. The van der Waals surface area contributed by atoms with E-state index in [4.69, 9.17) is 0 Å². The van der Waals surface area contributed by atoms with Crippen LogP contribution in [0.15, 0.2) is 0 Å². The highest BCUT2D eigenvalue weighted by Crippen LogP contribution is 2.28. The van der Waals surface area contributed by atoms with Gasteiger partial charge in [0.1, 0.15) is 0 Å². The third kappa shape index (κ3) is 4.18. The summed E-state index contributed by atoms with van der Waals surface area (Å²) in [6.45, 7) is 10.8. The Morgan fingerprint density at radius 1 is 1.16 bits per heavy atom. The fourth-order valence-corrected chi connectivity index (χ4v) is 3.82. The second-order valence-electron chi connectivity index (χ2n) is 7.55. The second kappa shape index (κ2) is 5.41. The van der Waals surface area contributed by atoms with Crippen molar-refractivity contribution in [3.63, 3.8) is 0 Å². The summed E-state index contributed by atoms with van der Waals surface area (Å²) in [5, 5.41) is 10.2. The van der Waals surface area contributed by atoms with Gasteiger partial charge in [0.2, 0.25) is 5.91 Å². The van der Waals surface area contributed by atoms with Crippen molar-refractivity contribution in [1.29, 1.82) is 0 Å². The van der Waals surface area contributed by atoms with E-state index in [9.17, 15) is 4.79 Å². The van der Waals surface area contributed by atoms with Gasteiger partial charge in [-0.15, -0.1) is 0 Å². The zero-order chi connectivity index (χ0) is 14.1. The van der Waals surface area contributed by atoms with E-state index in [2.05, 4.69) is 43.6 Å². The first-order chi connectivity index (χ1) is 8.77. The van der Waals surface area contributed by atoms with Crippen LogP contribution in [0.5, 0.6) is 0 Å². The van der Waals surface area contributed by atoms with Gasteiger partial charge in [-0.1, -0.05) is 0 Å². The molecule has 19 heavy (non-hydrogen) atoms. The van der Waals surface area contributed by atoms with Crippen molar-refractivity contribution in [2.24, 2.45) is 5.92 Å². The molecule has 4 heteroatoms. The standard InChI is InChI=1S/C15H29N3O/c1-14(2)8-12(9-15(3,4)18-14)17-13(19)11-6-5-7-16-10-11/h11-12,16,18H,5-10H2,1-4H3,(H,17,19)/t11-/m1/s1. The molecule has 1 atom stereocenters. The Morgan fingerprint density at radius 3 is 2.32 bits per heavy atom. The van der Waals surface area contributed by atoms with Gasteiger partial charge < -0.3 is 16.0 Å². The molecule has 0 aromatic carbocycles. The molecule has 0 aromatic rings. The zero-order valence-corrected chi connectivity index (χ0v) is 12.8. The van der Waals surface area contributed by atoms with Crippen LogP contribution in [0.1, 0.15) is 53.4 Å². The van der Waals surface area contributed by atoms with Crippen molar-refractivity contribution in [1.82, 2.24) is 16.0 Å². The molecule has 4 nitrogen and oxygen atoms in total. The number of hydrogen-bond donors (Lipinski definition) is 3. The van der Waals surface area contributed by atoms with E-state index < -0.39 is 0 Å². The molecular weight excluding hydrogens is 238 g/mol. The third-order valence-corrected chi connectivity index (χ3v) is 4.20. The fraction of sp³-hybridized carbons (Fsp3) is 0.933. The van der Waals surface area contributed by atoms with Crippen molar-refractivity contribution in [3.05, 3.63) is 0 Å². The van der Waals surface area contributed by atoms with Crippen molar-refractivity contribution in [2.45, 2.75) is 70.5 Å². The van der Waals surface area contributed by atoms with Gasteiger partial charge in [-0.3, -0.25) is 4.79 Å². The van der Waals surface area contributed by atoms with Crippen LogP contribution < -0.4 is 16.0 Å². The molecule has 3 N–H and O–H groups in total. The van der Waals surface area contributed by atoms with Gasteiger partial charge in [0.25, 0.3) is 0 Å². The molecule has 0 aliphatic carbocycles. The molecule has 2 rings (SSSR count). The number of rotatable bonds is 2. The third-order valence-electron chi connectivity index (χ3n) is 4.20. The Kier molecular flexibility index (Phi) is 4.21. The maximum Gasteiger partial charge on any atom is 0.224 e. The summed E-state index contributed by atoms with van der Waals surface area (Å²) in [6, 6.07) is 0.292. The second-order valence-corrected chi connectivity index (χ2v) is 7.55. The minimum atomic E-state index is 0.0878. The Hall–Kier alpha value is -0.610. The van der Waals surface area contributed by atoms with Gasteiger partial charge in [0.05, 0.1) is 5.92 Å². The van der Waals surface area contributed by atoms with Crippen molar-refractivity contribution >= 4 is 5.91 Å². The van der Waals surface area contributed by atoms with E-state index in [0.717, 1.165) is 38.8 Å². The van der Waals surface area contributed by atoms with E-state index in [-0.39, 0.29) is 22.9 Å². The average Bonchev–Trinajstić information content (AvgIpc) is 2.25. The minimum Gasteiger partial charge on any atom is -0.353 e. The van der Waals surface area contributed by atoms with Gasteiger partial charge in [-0.25, -0.2) is 0 Å². The van der Waals surface area contributed by atoms with Gasteiger partial charge >= 0.3 is 0 Å². The molecule has 0 radical (unpaired) electrons. The quantitative estimate of drug-likeness (QED) is 0.709. The largest absolute Gasteiger partial charge is 0.353 e. The summed E-state index contributed by atoms with van der Waals surface area (Å²) in [5.41, 5.74) is 0.176. The van der Waals surface area contributed by atoms with E-state index in [1.165, 1.54) is 0 Å². The normalized spacial score (nSPS) is 30.8. The van der Waals surface area contributed by atoms with Crippen molar-refractivity contribution in [2.75, 3.05) is 13.1 Å². The lowest BCUT2D eigenvalue weighted by Gasteiger charge is -2.47. The Bertz CT molecular complexity index is 316. The van der Waals surface area contributed by atoms with Crippen LogP contribution in [0.2, 0.25) is 0 Å². The first-order valence-corrected chi connectivity index (χ1v) is 7.58.